The number of rotatable bonds is 4. The van der Waals surface area contributed by atoms with E-state index in [4.69, 9.17) is 9.84 Å². The van der Waals surface area contributed by atoms with Crippen LogP contribution < -0.4 is 10.6 Å². The second-order valence-corrected chi connectivity index (χ2v) is 3.93. The Hall–Kier alpha value is -2.25. The van der Waals surface area contributed by atoms with Crippen molar-refractivity contribution in [1.29, 1.82) is 0 Å². The quantitative estimate of drug-likeness (QED) is 0.497. The molecule has 0 bridgehead atoms. The minimum absolute atomic E-state index is 0.228. The van der Waals surface area contributed by atoms with Crippen LogP contribution in [0.1, 0.15) is 13.3 Å². The molecule has 8 nitrogen and oxygen atoms in total. The van der Waals surface area contributed by atoms with Gasteiger partial charge in [0.25, 0.3) is 5.91 Å². The van der Waals surface area contributed by atoms with Crippen LogP contribution in [0.5, 0.6) is 0 Å². The van der Waals surface area contributed by atoms with Crippen molar-refractivity contribution in [2.75, 3.05) is 19.7 Å². The van der Waals surface area contributed by atoms with Crippen molar-refractivity contribution >= 4 is 18.0 Å². The van der Waals surface area contributed by atoms with Crippen LogP contribution in [0.2, 0.25) is 0 Å². The average Bonchev–Trinajstić information content (AvgIpc) is 2.77. The molecule has 0 aromatic heterocycles. The lowest BCUT2D eigenvalue weighted by molar-refractivity contribution is -0.115. The standard InChI is InChI=1S/C11H17N3O5/c1-2-19-6-4-9(15)13-10(16)12-8-3-5-14(7-8)11(17)18/h4,6,8H,2-3,5,7H2,1H3,(H,17,18)(H2,12,13,15,16). The van der Waals surface area contributed by atoms with E-state index in [0.717, 1.165) is 6.08 Å². The van der Waals surface area contributed by atoms with E-state index in [2.05, 4.69) is 10.6 Å². The molecule has 1 fully saturated rings. The van der Waals surface area contributed by atoms with E-state index in [1.807, 2.05) is 0 Å². The summed E-state index contributed by atoms with van der Waals surface area (Å²) in [6.07, 6.45) is 1.81. The summed E-state index contributed by atoms with van der Waals surface area (Å²) < 4.78 is 4.81. The maximum atomic E-state index is 11.4. The molecule has 1 aliphatic heterocycles. The van der Waals surface area contributed by atoms with Crippen molar-refractivity contribution in [1.82, 2.24) is 15.5 Å². The molecule has 0 spiro atoms. The number of urea groups is 1. The monoisotopic (exact) mass is 271 g/mol. The summed E-state index contributed by atoms with van der Waals surface area (Å²) in [7, 11) is 0. The number of hydrogen-bond acceptors (Lipinski definition) is 4. The number of likely N-dealkylation sites (tertiary alicyclic amines) is 1. The lowest BCUT2D eigenvalue weighted by Crippen LogP contribution is -2.45. The van der Waals surface area contributed by atoms with Gasteiger partial charge in [-0.25, -0.2) is 9.59 Å². The Bertz CT molecular complexity index is 383. The molecule has 1 heterocycles. The third-order valence-corrected chi connectivity index (χ3v) is 2.51. The first-order valence-electron chi connectivity index (χ1n) is 5.90. The van der Waals surface area contributed by atoms with Gasteiger partial charge in [-0.1, -0.05) is 0 Å². The molecule has 0 aromatic carbocycles. The van der Waals surface area contributed by atoms with Crippen LogP contribution in [0, 0.1) is 0 Å². The smallest absolute Gasteiger partial charge is 0.407 e. The number of ether oxygens (including phenoxy) is 1. The first-order chi connectivity index (χ1) is 9.02. The summed E-state index contributed by atoms with van der Waals surface area (Å²) in [4.78, 5) is 34.6. The zero-order valence-corrected chi connectivity index (χ0v) is 10.6. The number of carboxylic acid groups (broad SMARTS) is 1. The van der Waals surface area contributed by atoms with Gasteiger partial charge in [0, 0.05) is 25.2 Å². The summed E-state index contributed by atoms with van der Waals surface area (Å²) in [5.74, 6) is -0.598. The molecule has 0 aromatic rings. The Morgan fingerprint density at radius 2 is 2.21 bits per heavy atom. The number of hydrogen-bond donors (Lipinski definition) is 3. The van der Waals surface area contributed by atoms with Gasteiger partial charge in [0.1, 0.15) is 0 Å². The number of nitrogens with zero attached hydrogens (tertiary/aromatic N) is 1. The first-order valence-corrected chi connectivity index (χ1v) is 5.90. The minimum atomic E-state index is -1.01. The van der Waals surface area contributed by atoms with E-state index in [1.165, 1.54) is 11.2 Å². The second kappa shape index (κ2) is 7.24. The van der Waals surface area contributed by atoms with E-state index >= 15 is 0 Å². The molecule has 1 unspecified atom stereocenters. The van der Waals surface area contributed by atoms with Crippen LogP contribution in [0.25, 0.3) is 0 Å². The summed E-state index contributed by atoms with van der Waals surface area (Å²) in [6, 6.07) is -0.928. The number of carbonyl (C=O) groups is 3. The van der Waals surface area contributed by atoms with Crippen LogP contribution in [0.15, 0.2) is 12.3 Å². The number of nitrogens with one attached hydrogen (secondary N) is 2. The predicted octanol–water partition coefficient (Wildman–Crippen LogP) is 0.115. The van der Waals surface area contributed by atoms with Gasteiger partial charge in [-0.05, 0) is 13.3 Å². The molecule has 106 valence electrons. The average molecular weight is 271 g/mol. The molecule has 0 saturated carbocycles. The van der Waals surface area contributed by atoms with Crippen molar-refractivity contribution in [3.05, 3.63) is 12.3 Å². The number of imide groups is 1. The van der Waals surface area contributed by atoms with Gasteiger partial charge in [-0.3, -0.25) is 10.1 Å². The summed E-state index contributed by atoms with van der Waals surface area (Å²) in [5, 5.41) is 13.4. The molecule has 1 atom stereocenters. The summed E-state index contributed by atoms with van der Waals surface area (Å²) >= 11 is 0. The Balaban J connectivity index is 2.28. The number of amides is 4. The summed E-state index contributed by atoms with van der Waals surface area (Å²) in [5.41, 5.74) is 0. The molecule has 8 heteroatoms. The van der Waals surface area contributed by atoms with E-state index in [1.54, 1.807) is 6.92 Å². The van der Waals surface area contributed by atoms with E-state index in [0.29, 0.717) is 19.6 Å². The van der Waals surface area contributed by atoms with Crippen molar-refractivity contribution < 1.29 is 24.2 Å². The van der Waals surface area contributed by atoms with Crippen LogP contribution in [-0.4, -0.2) is 53.8 Å². The fourth-order valence-electron chi connectivity index (χ4n) is 1.63. The van der Waals surface area contributed by atoms with Crippen molar-refractivity contribution in [2.24, 2.45) is 0 Å². The fraction of sp³-hybridized carbons (Fsp3) is 0.545. The highest BCUT2D eigenvalue weighted by Gasteiger charge is 2.27. The zero-order chi connectivity index (χ0) is 14.3. The highest BCUT2D eigenvalue weighted by Crippen LogP contribution is 2.08. The highest BCUT2D eigenvalue weighted by molar-refractivity contribution is 6.00. The molecule has 0 radical (unpaired) electrons. The molecular weight excluding hydrogens is 254 g/mol. The Labute approximate surface area is 110 Å². The van der Waals surface area contributed by atoms with Gasteiger partial charge in [-0.15, -0.1) is 0 Å². The molecular formula is C11H17N3O5. The molecule has 1 saturated heterocycles. The molecule has 3 N–H and O–H groups in total. The van der Waals surface area contributed by atoms with E-state index in [-0.39, 0.29) is 12.6 Å². The highest BCUT2D eigenvalue weighted by atomic mass is 16.5. The number of carbonyl (C=O) groups excluding carboxylic acids is 2. The lowest BCUT2D eigenvalue weighted by atomic mass is 10.3. The van der Waals surface area contributed by atoms with E-state index < -0.39 is 18.0 Å². The Kier molecular flexibility index (Phi) is 5.65. The SMILES string of the molecule is CCOC=CC(=O)NC(=O)NC1CCN(C(=O)O)C1. The fourth-order valence-corrected chi connectivity index (χ4v) is 1.63. The predicted molar refractivity (Wildman–Crippen MR) is 65.4 cm³/mol. The van der Waals surface area contributed by atoms with Crippen molar-refractivity contribution in [2.45, 2.75) is 19.4 Å². The second-order valence-electron chi connectivity index (χ2n) is 3.93. The third-order valence-electron chi connectivity index (χ3n) is 2.51. The zero-order valence-electron chi connectivity index (χ0n) is 10.6. The van der Waals surface area contributed by atoms with Crippen LogP contribution >= 0.6 is 0 Å². The summed E-state index contributed by atoms with van der Waals surface area (Å²) in [6.45, 7) is 2.80. The Morgan fingerprint density at radius 3 is 2.79 bits per heavy atom. The molecule has 1 aliphatic rings. The maximum Gasteiger partial charge on any atom is 0.407 e. The van der Waals surface area contributed by atoms with Gasteiger partial charge < -0.3 is 20.1 Å². The van der Waals surface area contributed by atoms with Gasteiger partial charge in [0.2, 0.25) is 0 Å². The van der Waals surface area contributed by atoms with Crippen molar-refractivity contribution in [3.63, 3.8) is 0 Å². The van der Waals surface area contributed by atoms with Crippen molar-refractivity contribution in [3.8, 4) is 0 Å². The van der Waals surface area contributed by atoms with Gasteiger partial charge in [-0.2, -0.15) is 0 Å². The molecule has 19 heavy (non-hydrogen) atoms. The van der Waals surface area contributed by atoms with Crippen LogP contribution in [-0.2, 0) is 9.53 Å². The topological polar surface area (TPSA) is 108 Å². The van der Waals surface area contributed by atoms with Crippen LogP contribution in [0.3, 0.4) is 0 Å². The van der Waals surface area contributed by atoms with Gasteiger partial charge in [0.05, 0.1) is 12.9 Å². The molecule has 0 aliphatic carbocycles. The van der Waals surface area contributed by atoms with Crippen LogP contribution in [0.4, 0.5) is 9.59 Å². The van der Waals surface area contributed by atoms with Gasteiger partial charge >= 0.3 is 12.1 Å². The largest absolute Gasteiger partial charge is 0.501 e. The molecule has 4 amide bonds. The first kappa shape index (κ1) is 14.8. The lowest BCUT2D eigenvalue weighted by Gasteiger charge is -2.13. The Morgan fingerprint density at radius 1 is 1.47 bits per heavy atom. The normalized spacial score (nSPS) is 18.4. The molecule has 1 rings (SSSR count). The maximum absolute atomic E-state index is 11.4. The van der Waals surface area contributed by atoms with E-state index in [9.17, 15) is 14.4 Å². The third kappa shape index (κ3) is 5.28. The van der Waals surface area contributed by atoms with Gasteiger partial charge in [0.15, 0.2) is 0 Å². The minimum Gasteiger partial charge on any atom is -0.501 e.